The molecule has 0 amide bonds. The molecule has 0 saturated heterocycles. The van der Waals surface area contributed by atoms with Crippen LogP contribution in [0, 0.1) is 6.92 Å². The van der Waals surface area contributed by atoms with E-state index in [0.29, 0.717) is 13.1 Å². The molecule has 1 heterocycles. The first-order chi connectivity index (χ1) is 12.0. The van der Waals surface area contributed by atoms with Gasteiger partial charge < -0.3 is 16.4 Å². The number of rotatable bonds is 7. The molecule has 1 aromatic heterocycles. The van der Waals surface area contributed by atoms with Crippen LogP contribution in [0.25, 0.3) is 0 Å². The highest BCUT2D eigenvalue weighted by Crippen LogP contribution is 2.27. The molecule has 0 bridgehead atoms. The molecule has 0 atom stereocenters. The van der Waals surface area contributed by atoms with Crippen molar-refractivity contribution in [3.8, 4) is 0 Å². The van der Waals surface area contributed by atoms with Gasteiger partial charge in [0.15, 0.2) is 0 Å². The minimum Gasteiger partial charge on any atom is -0.353 e. The van der Waals surface area contributed by atoms with Crippen LogP contribution >= 0.6 is 0 Å². The van der Waals surface area contributed by atoms with Gasteiger partial charge in [-0.05, 0) is 25.1 Å². The third-order valence-corrected chi connectivity index (χ3v) is 4.71. The zero-order chi connectivity index (χ0) is 19.5. The Morgan fingerprint density at radius 2 is 1.69 bits per heavy atom. The molecule has 0 unspecified atom stereocenters. The summed E-state index contributed by atoms with van der Waals surface area (Å²) in [5.41, 5.74) is 5.03. The largest absolute Gasteiger partial charge is 0.353 e. The molecule has 0 spiro atoms. The number of nitrogens with zero attached hydrogens (tertiary/aromatic N) is 3. The molecule has 142 valence electrons. The molecule has 14 heteroatoms. The summed E-state index contributed by atoms with van der Waals surface area (Å²) in [5, 5.41) is 5.31. The van der Waals surface area contributed by atoms with E-state index in [4.69, 9.17) is 10.3 Å². The smallest absolute Gasteiger partial charge is 0.296 e. The Morgan fingerprint density at radius 3 is 2.27 bits per heavy atom. The second-order valence-electron chi connectivity index (χ2n) is 4.98. The van der Waals surface area contributed by atoms with Crippen molar-refractivity contribution in [2.24, 2.45) is 5.73 Å². The monoisotopic (exact) mass is 404 g/mol. The number of benzene rings is 1. The van der Waals surface area contributed by atoms with Gasteiger partial charge in [0.1, 0.15) is 10.7 Å². The summed E-state index contributed by atoms with van der Waals surface area (Å²) in [7, 11) is -9.30. The van der Waals surface area contributed by atoms with Gasteiger partial charge in [0.2, 0.25) is 11.9 Å². The first-order valence-electron chi connectivity index (χ1n) is 7.03. The van der Waals surface area contributed by atoms with Crippen molar-refractivity contribution in [2.75, 3.05) is 23.7 Å². The lowest BCUT2D eigenvalue weighted by Crippen LogP contribution is -2.16. The van der Waals surface area contributed by atoms with E-state index in [2.05, 4.69) is 25.6 Å². The molecule has 1 aromatic carbocycles. The van der Waals surface area contributed by atoms with E-state index >= 15 is 0 Å². The first kappa shape index (κ1) is 19.9. The molecular weight excluding hydrogens is 388 g/mol. The third kappa shape index (κ3) is 5.06. The summed E-state index contributed by atoms with van der Waals surface area (Å²) in [6.07, 6.45) is 0. The van der Waals surface area contributed by atoms with Crippen LogP contribution in [0.15, 0.2) is 28.0 Å². The zero-order valence-corrected chi connectivity index (χ0v) is 15.0. The van der Waals surface area contributed by atoms with E-state index in [1.54, 1.807) is 6.92 Å². The van der Waals surface area contributed by atoms with E-state index in [1.807, 2.05) is 0 Å². The van der Waals surface area contributed by atoms with Gasteiger partial charge in [-0.3, -0.25) is 9.11 Å². The van der Waals surface area contributed by atoms with Gasteiger partial charge >= 0.3 is 0 Å². The number of aromatic nitrogens is 3. The predicted molar refractivity (Wildman–Crippen MR) is 91.5 cm³/mol. The lowest BCUT2D eigenvalue weighted by molar-refractivity contribution is 0.479. The SMILES string of the molecule is Cc1nc(NCCN)nc(Nc2cc(S(=O)(=O)O)ccc2S(=O)(=O)O)n1. The molecular formula is C12H16N6O6S2. The Hall–Kier alpha value is -2.39. The van der Waals surface area contributed by atoms with Crippen molar-refractivity contribution >= 4 is 37.8 Å². The van der Waals surface area contributed by atoms with E-state index in [0.717, 1.165) is 18.2 Å². The standard InChI is InChI=1S/C12H16N6O6S2/c1-7-15-11(14-5-4-13)18-12(16-7)17-9-6-8(25(19,20)21)2-3-10(9)26(22,23)24/h2-3,6H,4-5,13H2,1H3,(H,19,20,21)(H,22,23,24)(H2,14,15,16,17,18). The van der Waals surface area contributed by atoms with Crippen molar-refractivity contribution in [1.82, 2.24) is 15.0 Å². The minimum absolute atomic E-state index is 0.116. The molecule has 0 aliphatic rings. The van der Waals surface area contributed by atoms with Crippen LogP contribution in [0.1, 0.15) is 5.82 Å². The fourth-order valence-electron chi connectivity index (χ4n) is 1.91. The zero-order valence-electron chi connectivity index (χ0n) is 13.4. The lowest BCUT2D eigenvalue weighted by Gasteiger charge is -2.12. The fraction of sp³-hybridized carbons (Fsp3) is 0.250. The first-order valence-corrected chi connectivity index (χ1v) is 9.91. The average Bonchev–Trinajstić information content (AvgIpc) is 2.50. The quantitative estimate of drug-likeness (QED) is 0.381. The summed E-state index contributed by atoms with van der Waals surface area (Å²) in [5.74, 6) is 0.320. The van der Waals surface area contributed by atoms with Gasteiger partial charge in [-0.1, -0.05) is 0 Å². The number of anilines is 3. The maximum atomic E-state index is 11.5. The van der Waals surface area contributed by atoms with Gasteiger partial charge in [0, 0.05) is 13.1 Å². The van der Waals surface area contributed by atoms with E-state index < -0.39 is 30.0 Å². The number of nitrogens with two attached hydrogens (primary N) is 1. The van der Waals surface area contributed by atoms with Crippen LogP contribution < -0.4 is 16.4 Å². The molecule has 0 aliphatic carbocycles. The molecule has 6 N–H and O–H groups in total. The molecule has 0 fully saturated rings. The Bertz CT molecular complexity index is 1020. The highest BCUT2D eigenvalue weighted by atomic mass is 32.2. The molecule has 26 heavy (non-hydrogen) atoms. The molecule has 0 saturated carbocycles. The van der Waals surface area contributed by atoms with Gasteiger partial charge in [-0.15, -0.1) is 0 Å². The van der Waals surface area contributed by atoms with Crippen LogP contribution in [0.4, 0.5) is 17.6 Å². The molecule has 0 radical (unpaired) electrons. The third-order valence-electron chi connectivity index (χ3n) is 2.95. The van der Waals surface area contributed by atoms with E-state index in [-0.39, 0.29) is 23.4 Å². The Labute approximate surface area is 149 Å². The van der Waals surface area contributed by atoms with Crippen LogP contribution in [0.3, 0.4) is 0 Å². The Morgan fingerprint density at radius 1 is 1.04 bits per heavy atom. The topological polar surface area (TPSA) is 197 Å². The van der Waals surface area contributed by atoms with Gasteiger partial charge in [0.05, 0.1) is 10.6 Å². The summed E-state index contributed by atoms with van der Waals surface area (Å²) in [6, 6.07) is 2.48. The second-order valence-corrected chi connectivity index (χ2v) is 7.79. The van der Waals surface area contributed by atoms with Gasteiger partial charge in [0.25, 0.3) is 20.2 Å². The van der Waals surface area contributed by atoms with Crippen LogP contribution in [0.2, 0.25) is 0 Å². The molecule has 0 aliphatic heterocycles. The molecule has 12 nitrogen and oxygen atoms in total. The summed E-state index contributed by atoms with van der Waals surface area (Å²) in [4.78, 5) is 10.8. The van der Waals surface area contributed by atoms with Crippen molar-refractivity contribution in [3.63, 3.8) is 0 Å². The highest BCUT2D eigenvalue weighted by molar-refractivity contribution is 7.86. The Balaban J connectivity index is 2.52. The molecule has 2 aromatic rings. The summed E-state index contributed by atoms with van der Waals surface area (Å²) in [6.45, 7) is 2.24. The predicted octanol–water partition coefficient (Wildman–Crippen LogP) is -0.212. The van der Waals surface area contributed by atoms with Gasteiger partial charge in [-0.2, -0.15) is 31.8 Å². The fourth-order valence-corrected chi connectivity index (χ4v) is 3.05. The maximum Gasteiger partial charge on any atom is 0.296 e. The van der Waals surface area contributed by atoms with Crippen molar-refractivity contribution in [3.05, 3.63) is 24.0 Å². The summed E-state index contributed by atoms with van der Waals surface area (Å²) < 4.78 is 64.0. The van der Waals surface area contributed by atoms with Crippen LogP contribution in [-0.4, -0.2) is 54.0 Å². The molecule has 2 rings (SSSR count). The number of hydrogen-bond donors (Lipinski definition) is 5. The van der Waals surface area contributed by atoms with Crippen molar-refractivity contribution < 1.29 is 25.9 Å². The number of hydrogen-bond acceptors (Lipinski definition) is 10. The maximum absolute atomic E-state index is 11.5. The normalized spacial score (nSPS) is 12.0. The van der Waals surface area contributed by atoms with Crippen molar-refractivity contribution in [1.29, 1.82) is 0 Å². The van der Waals surface area contributed by atoms with Crippen molar-refractivity contribution in [2.45, 2.75) is 16.7 Å². The number of aryl methyl sites for hydroxylation is 1. The van der Waals surface area contributed by atoms with Gasteiger partial charge in [-0.25, -0.2) is 0 Å². The van der Waals surface area contributed by atoms with E-state index in [1.165, 1.54) is 0 Å². The number of nitrogens with one attached hydrogen (secondary N) is 2. The Kier molecular flexibility index (Phi) is 5.72. The average molecular weight is 404 g/mol. The van der Waals surface area contributed by atoms with E-state index in [9.17, 15) is 21.4 Å². The summed E-state index contributed by atoms with van der Waals surface area (Å²) >= 11 is 0. The second kappa shape index (κ2) is 7.46. The lowest BCUT2D eigenvalue weighted by atomic mass is 10.3. The van der Waals surface area contributed by atoms with Crippen LogP contribution in [0.5, 0.6) is 0 Å². The highest BCUT2D eigenvalue weighted by Gasteiger charge is 2.20. The minimum atomic E-state index is -4.69. The van der Waals surface area contributed by atoms with Crippen LogP contribution in [-0.2, 0) is 20.2 Å².